The van der Waals surface area contributed by atoms with E-state index in [0.29, 0.717) is 17.8 Å². The van der Waals surface area contributed by atoms with E-state index in [9.17, 15) is 9.59 Å². The molecule has 0 aliphatic carbocycles. The third-order valence-electron chi connectivity index (χ3n) is 4.29. The van der Waals surface area contributed by atoms with E-state index in [1.54, 1.807) is 35.6 Å². The minimum Gasteiger partial charge on any atom is -0.339 e. The average Bonchev–Trinajstić information content (AvgIpc) is 3.00. The molecule has 5 nitrogen and oxygen atoms in total. The van der Waals surface area contributed by atoms with Crippen LogP contribution < -0.4 is 10.6 Å². The summed E-state index contributed by atoms with van der Waals surface area (Å²) >= 11 is 1.61. The topological polar surface area (TPSA) is 61.4 Å². The van der Waals surface area contributed by atoms with Gasteiger partial charge in [0.25, 0.3) is 5.91 Å². The van der Waals surface area contributed by atoms with Gasteiger partial charge in [-0.15, -0.1) is 11.3 Å². The number of urea groups is 1. The Balaban J connectivity index is 1.52. The van der Waals surface area contributed by atoms with Crippen molar-refractivity contribution >= 4 is 29.0 Å². The van der Waals surface area contributed by atoms with E-state index in [0.717, 1.165) is 30.8 Å². The lowest BCUT2D eigenvalue weighted by atomic mass is 10.1. The van der Waals surface area contributed by atoms with E-state index < -0.39 is 0 Å². The van der Waals surface area contributed by atoms with Crippen LogP contribution in [0.25, 0.3) is 0 Å². The molecule has 1 aromatic heterocycles. The van der Waals surface area contributed by atoms with Gasteiger partial charge in [0, 0.05) is 29.2 Å². The zero-order valence-corrected chi connectivity index (χ0v) is 15.0. The zero-order valence-electron chi connectivity index (χ0n) is 14.2. The maximum absolute atomic E-state index is 12.5. The van der Waals surface area contributed by atoms with E-state index in [-0.39, 0.29) is 11.9 Å². The van der Waals surface area contributed by atoms with Crippen LogP contribution in [0.1, 0.15) is 40.9 Å². The van der Waals surface area contributed by atoms with Gasteiger partial charge in [0.1, 0.15) is 0 Å². The Morgan fingerprint density at radius 3 is 2.36 bits per heavy atom. The monoisotopic (exact) mass is 357 g/mol. The van der Waals surface area contributed by atoms with Gasteiger partial charge in [0.2, 0.25) is 0 Å². The van der Waals surface area contributed by atoms with Crippen molar-refractivity contribution in [1.29, 1.82) is 0 Å². The molecule has 132 valence electrons. The molecular formula is C19H23N3O2S. The Labute approximate surface area is 152 Å². The number of hydrogen-bond donors (Lipinski definition) is 2. The molecule has 2 aromatic rings. The van der Waals surface area contributed by atoms with Gasteiger partial charge < -0.3 is 15.5 Å². The molecule has 0 radical (unpaired) electrons. The van der Waals surface area contributed by atoms with Gasteiger partial charge >= 0.3 is 6.03 Å². The Hall–Kier alpha value is -2.34. The van der Waals surface area contributed by atoms with Crippen molar-refractivity contribution in [3.8, 4) is 0 Å². The van der Waals surface area contributed by atoms with Gasteiger partial charge in [-0.05, 0) is 48.6 Å². The molecule has 2 N–H and O–H groups in total. The SMILES string of the molecule is O=C(NCc1cccs1)Nc1ccc(C(=O)N2CCCCCC2)cc1. The molecule has 3 rings (SSSR count). The van der Waals surface area contributed by atoms with Crippen LogP contribution in [0, 0.1) is 0 Å². The first-order valence-electron chi connectivity index (χ1n) is 8.69. The summed E-state index contributed by atoms with van der Waals surface area (Å²) in [5.41, 5.74) is 1.35. The highest BCUT2D eigenvalue weighted by molar-refractivity contribution is 7.09. The van der Waals surface area contributed by atoms with Crippen molar-refractivity contribution < 1.29 is 9.59 Å². The molecule has 1 fully saturated rings. The van der Waals surface area contributed by atoms with Gasteiger partial charge in [-0.25, -0.2) is 4.79 Å². The molecule has 1 aromatic carbocycles. The highest BCUT2D eigenvalue weighted by atomic mass is 32.1. The predicted molar refractivity (Wildman–Crippen MR) is 101 cm³/mol. The largest absolute Gasteiger partial charge is 0.339 e. The maximum Gasteiger partial charge on any atom is 0.319 e. The van der Waals surface area contributed by atoms with E-state index in [2.05, 4.69) is 10.6 Å². The zero-order chi connectivity index (χ0) is 17.5. The molecule has 1 saturated heterocycles. The summed E-state index contributed by atoms with van der Waals surface area (Å²) in [7, 11) is 0. The Morgan fingerprint density at radius 2 is 1.72 bits per heavy atom. The predicted octanol–water partition coefficient (Wildman–Crippen LogP) is 4.09. The first-order valence-corrected chi connectivity index (χ1v) is 9.57. The summed E-state index contributed by atoms with van der Waals surface area (Å²) < 4.78 is 0. The third-order valence-corrected chi connectivity index (χ3v) is 5.16. The number of anilines is 1. The van der Waals surface area contributed by atoms with Crippen LogP contribution in [-0.4, -0.2) is 29.9 Å². The lowest BCUT2D eigenvalue weighted by molar-refractivity contribution is 0.0761. The number of carbonyl (C=O) groups excluding carboxylic acids is 2. The molecule has 3 amide bonds. The number of carbonyl (C=O) groups is 2. The van der Waals surface area contributed by atoms with Crippen molar-refractivity contribution in [2.45, 2.75) is 32.2 Å². The van der Waals surface area contributed by atoms with Crippen LogP contribution >= 0.6 is 11.3 Å². The molecule has 0 saturated carbocycles. The Morgan fingerprint density at radius 1 is 1.00 bits per heavy atom. The van der Waals surface area contributed by atoms with Crippen molar-refractivity contribution in [2.75, 3.05) is 18.4 Å². The molecule has 0 atom stereocenters. The molecule has 1 aliphatic rings. The molecule has 0 unspecified atom stereocenters. The molecule has 0 bridgehead atoms. The van der Waals surface area contributed by atoms with E-state index >= 15 is 0 Å². The number of likely N-dealkylation sites (tertiary alicyclic amines) is 1. The normalized spacial score (nSPS) is 14.6. The van der Waals surface area contributed by atoms with Gasteiger partial charge in [0.05, 0.1) is 6.54 Å². The lowest BCUT2D eigenvalue weighted by Crippen LogP contribution is -2.31. The Kier molecular flexibility index (Phi) is 6.06. The number of benzene rings is 1. The van der Waals surface area contributed by atoms with Gasteiger partial charge in [-0.2, -0.15) is 0 Å². The number of amides is 3. The molecular weight excluding hydrogens is 334 g/mol. The van der Waals surface area contributed by atoms with E-state index in [1.165, 1.54) is 12.8 Å². The minimum atomic E-state index is -0.250. The van der Waals surface area contributed by atoms with Gasteiger partial charge in [-0.1, -0.05) is 18.9 Å². The van der Waals surface area contributed by atoms with Crippen LogP contribution in [0.5, 0.6) is 0 Å². The van der Waals surface area contributed by atoms with E-state index in [4.69, 9.17) is 0 Å². The third kappa shape index (κ3) is 5.06. The highest BCUT2D eigenvalue weighted by Gasteiger charge is 2.17. The number of nitrogens with zero attached hydrogens (tertiary/aromatic N) is 1. The van der Waals surface area contributed by atoms with Crippen LogP contribution in [0.15, 0.2) is 41.8 Å². The summed E-state index contributed by atoms with van der Waals surface area (Å²) in [5, 5.41) is 7.59. The number of rotatable bonds is 4. The molecule has 1 aliphatic heterocycles. The second kappa shape index (κ2) is 8.67. The van der Waals surface area contributed by atoms with Gasteiger partial charge in [-0.3, -0.25) is 4.79 Å². The van der Waals surface area contributed by atoms with Crippen molar-refractivity contribution in [1.82, 2.24) is 10.2 Å². The first-order chi connectivity index (χ1) is 12.2. The fourth-order valence-corrected chi connectivity index (χ4v) is 3.55. The summed E-state index contributed by atoms with van der Waals surface area (Å²) in [4.78, 5) is 27.5. The summed E-state index contributed by atoms with van der Waals surface area (Å²) in [6, 6.07) is 10.8. The number of nitrogens with one attached hydrogen (secondary N) is 2. The summed E-state index contributed by atoms with van der Waals surface area (Å²) in [6.45, 7) is 2.18. The number of thiophene rings is 1. The summed E-state index contributed by atoms with van der Waals surface area (Å²) in [6.07, 6.45) is 4.56. The first kappa shape index (κ1) is 17.5. The van der Waals surface area contributed by atoms with Crippen molar-refractivity contribution in [2.24, 2.45) is 0 Å². The maximum atomic E-state index is 12.5. The summed E-state index contributed by atoms with van der Waals surface area (Å²) in [5.74, 6) is 0.0793. The smallest absolute Gasteiger partial charge is 0.319 e. The second-order valence-electron chi connectivity index (χ2n) is 6.17. The number of hydrogen-bond acceptors (Lipinski definition) is 3. The van der Waals surface area contributed by atoms with Gasteiger partial charge in [0.15, 0.2) is 0 Å². The molecule has 25 heavy (non-hydrogen) atoms. The standard InChI is InChI=1S/C19H23N3O2S/c23-18(22-11-3-1-2-4-12-22)15-7-9-16(10-8-15)21-19(24)20-14-17-6-5-13-25-17/h5-10,13H,1-4,11-12,14H2,(H2,20,21,24). The van der Waals surface area contributed by atoms with E-state index in [1.807, 2.05) is 22.4 Å². The van der Waals surface area contributed by atoms with Crippen LogP contribution in [0.3, 0.4) is 0 Å². The fourth-order valence-electron chi connectivity index (χ4n) is 2.91. The van der Waals surface area contributed by atoms with Crippen LogP contribution in [-0.2, 0) is 6.54 Å². The molecule has 6 heteroatoms. The highest BCUT2D eigenvalue weighted by Crippen LogP contribution is 2.15. The molecule has 0 spiro atoms. The minimum absolute atomic E-state index is 0.0793. The van der Waals surface area contributed by atoms with Crippen LogP contribution in [0.4, 0.5) is 10.5 Å². The van der Waals surface area contributed by atoms with Crippen LogP contribution in [0.2, 0.25) is 0 Å². The second-order valence-corrected chi connectivity index (χ2v) is 7.20. The quantitative estimate of drug-likeness (QED) is 0.866. The lowest BCUT2D eigenvalue weighted by Gasteiger charge is -2.20. The Bertz CT molecular complexity index is 690. The fraction of sp³-hybridized carbons (Fsp3) is 0.368. The van der Waals surface area contributed by atoms with Crippen molar-refractivity contribution in [3.63, 3.8) is 0 Å². The average molecular weight is 357 g/mol. The van der Waals surface area contributed by atoms with Crippen molar-refractivity contribution in [3.05, 3.63) is 52.2 Å². The molecule has 2 heterocycles.